The van der Waals surface area contributed by atoms with Crippen LogP contribution in [0.4, 0.5) is 0 Å². The molecule has 0 radical (unpaired) electrons. The van der Waals surface area contributed by atoms with Crippen molar-refractivity contribution >= 4 is 23.4 Å². The van der Waals surface area contributed by atoms with E-state index in [9.17, 15) is 0 Å². The maximum Gasteiger partial charge on any atom is 0.198 e. The molecule has 6 nitrogen and oxygen atoms in total. The fourth-order valence-electron chi connectivity index (χ4n) is 0.845. The molecule has 2 aromatic heterocycles. The lowest BCUT2D eigenvalue weighted by atomic mass is 10.6. The van der Waals surface area contributed by atoms with Crippen LogP contribution < -0.4 is 0 Å². The van der Waals surface area contributed by atoms with Gasteiger partial charge in [0.2, 0.25) is 0 Å². The molecule has 64 valence electrons. The molecule has 12 heavy (non-hydrogen) atoms. The van der Waals surface area contributed by atoms with Gasteiger partial charge >= 0.3 is 0 Å². The molecule has 0 aliphatic carbocycles. The largest absolute Gasteiger partial charge is 0.425 e. The molecule has 0 atom stereocenters. The van der Waals surface area contributed by atoms with E-state index in [4.69, 9.17) is 17.4 Å². The minimum atomic E-state index is 0. The third-order valence-corrected chi connectivity index (χ3v) is 1.64. The van der Waals surface area contributed by atoms with Gasteiger partial charge in [-0.05, 0) is 0 Å². The van der Waals surface area contributed by atoms with E-state index in [-0.39, 0.29) is 5.48 Å². The van der Waals surface area contributed by atoms with Gasteiger partial charge in [-0.25, -0.2) is 9.97 Å². The van der Waals surface area contributed by atoms with Gasteiger partial charge in [-0.1, -0.05) is 12.2 Å². The minimum Gasteiger partial charge on any atom is -0.425 e. The van der Waals surface area contributed by atoms with Crippen LogP contribution in [0.1, 0.15) is 0 Å². The van der Waals surface area contributed by atoms with Gasteiger partial charge in [0.1, 0.15) is 11.8 Å². The lowest BCUT2D eigenvalue weighted by Gasteiger charge is -1.94. The van der Waals surface area contributed by atoms with Crippen LogP contribution in [-0.2, 0) is 0 Å². The van der Waals surface area contributed by atoms with Crippen LogP contribution in [0, 0.1) is 4.64 Å². The Bertz CT molecular complexity index is 448. The van der Waals surface area contributed by atoms with E-state index in [1.807, 2.05) is 0 Å². The molecule has 7 heteroatoms. The molecular formula is C5H6N4O2S. The predicted octanol–water partition coefficient (Wildman–Crippen LogP) is -0.0985. The zero-order valence-corrected chi connectivity index (χ0v) is 6.67. The Balaban J connectivity index is 0.000000720. The number of hydrogen-bond donors (Lipinski definition) is 2. The average molecular weight is 186 g/mol. The van der Waals surface area contributed by atoms with E-state index < -0.39 is 0 Å². The molecule has 0 saturated heterocycles. The van der Waals surface area contributed by atoms with Crippen LogP contribution in [0.15, 0.2) is 12.7 Å². The summed E-state index contributed by atoms with van der Waals surface area (Å²) in [5.74, 6) is 0. The molecule has 4 N–H and O–H groups in total. The molecule has 0 spiro atoms. The third kappa shape index (κ3) is 1.04. The van der Waals surface area contributed by atoms with E-state index in [2.05, 4.69) is 15.0 Å². The summed E-state index contributed by atoms with van der Waals surface area (Å²) < 4.78 is 1.23. The summed E-state index contributed by atoms with van der Waals surface area (Å²) in [6, 6.07) is 0. The molecule has 0 amide bonds. The number of nitrogens with one attached hydrogen (secondary N) is 1. The van der Waals surface area contributed by atoms with Gasteiger partial charge in [0, 0.05) is 0 Å². The van der Waals surface area contributed by atoms with Crippen molar-refractivity contribution in [2.24, 2.45) is 0 Å². The van der Waals surface area contributed by atoms with Crippen molar-refractivity contribution in [2.75, 3.05) is 0 Å². The summed E-state index contributed by atoms with van der Waals surface area (Å²) in [7, 11) is 0. The SMILES string of the molecule is O.On1cnc(=S)c2[nH]cnc21. The highest BCUT2D eigenvalue weighted by Gasteiger charge is 2.00. The Kier molecular flexibility index (Phi) is 2.07. The lowest BCUT2D eigenvalue weighted by molar-refractivity contribution is 0.192. The number of nitrogens with zero attached hydrogens (tertiary/aromatic N) is 3. The summed E-state index contributed by atoms with van der Waals surface area (Å²) in [5, 5.41) is 9.11. The van der Waals surface area contributed by atoms with Crippen LogP contribution in [-0.4, -0.2) is 30.4 Å². The van der Waals surface area contributed by atoms with Crippen LogP contribution in [0.2, 0.25) is 0 Å². The van der Waals surface area contributed by atoms with E-state index in [0.717, 1.165) is 4.73 Å². The summed E-state index contributed by atoms with van der Waals surface area (Å²) in [6.45, 7) is 0. The van der Waals surface area contributed by atoms with Crippen molar-refractivity contribution in [1.29, 1.82) is 0 Å². The normalized spacial score (nSPS) is 9.67. The highest BCUT2D eigenvalue weighted by atomic mass is 32.1. The molecule has 0 saturated carbocycles. The topological polar surface area (TPSA) is 98.2 Å². The first-order valence-corrected chi connectivity index (χ1v) is 3.30. The smallest absolute Gasteiger partial charge is 0.198 e. The van der Waals surface area contributed by atoms with E-state index in [0.29, 0.717) is 15.8 Å². The van der Waals surface area contributed by atoms with Crippen LogP contribution in [0.25, 0.3) is 11.2 Å². The quantitative estimate of drug-likeness (QED) is 0.443. The van der Waals surface area contributed by atoms with E-state index in [1.54, 1.807) is 0 Å². The van der Waals surface area contributed by atoms with Crippen LogP contribution >= 0.6 is 12.2 Å². The Labute approximate surface area is 71.8 Å². The van der Waals surface area contributed by atoms with E-state index >= 15 is 0 Å². The Hall–Kier alpha value is -1.47. The number of H-pyrrole nitrogens is 1. The molecule has 0 aliphatic rings. The maximum absolute atomic E-state index is 9.11. The fraction of sp³-hybridized carbons (Fsp3) is 0. The van der Waals surface area contributed by atoms with Gasteiger partial charge in [-0.15, -0.1) is 0 Å². The van der Waals surface area contributed by atoms with Gasteiger partial charge < -0.3 is 15.7 Å². The van der Waals surface area contributed by atoms with Crippen LogP contribution in [0.5, 0.6) is 0 Å². The van der Waals surface area contributed by atoms with Crippen molar-refractivity contribution in [1.82, 2.24) is 19.7 Å². The predicted molar refractivity (Wildman–Crippen MR) is 43.5 cm³/mol. The second-order valence-corrected chi connectivity index (χ2v) is 2.38. The second kappa shape index (κ2) is 2.88. The molecule has 2 aromatic rings. The Morgan fingerprint density at radius 3 is 2.92 bits per heavy atom. The number of fused-ring (bicyclic) bond motifs is 1. The summed E-state index contributed by atoms with van der Waals surface area (Å²) in [4.78, 5) is 10.3. The first-order chi connectivity index (χ1) is 5.29. The Morgan fingerprint density at radius 2 is 2.25 bits per heavy atom. The second-order valence-electron chi connectivity index (χ2n) is 2.00. The highest BCUT2D eigenvalue weighted by Crippen LogP contribution is 2.05. The summed E-state index contributed by atoms with van der Waals surface area (Å²) in [5.41, 5.74) is 0.968. The highest BCUT2D eigenvalue weighted by molar-refractivity contribution is 7.71. The summed E-state index contributed by atoms with van der Waals surface area (Å²) >= 11 is 4.86. The molecule has 0 fully saturated rings. The third-order valence-electron chi connectivity index (χ3n) is 1.33. The van der Waals surface area contributed by atoms with Crippen molar-refractivity contribution in [2.45, 2.75) is 0 Å². The van der Waals surface area contributed by atoms with Gasteiger partial charge in [0.15, 0.2) is 10.3 Å². The molecule has 0 bridgehead atoms. The molecule has 0 aromatic carbocycles. The fourth-order valence-corrected chi connectivity index (χ4v) is 1.04. The lowest BCUT2D eigenvalue weighted by Crippen LogP contribution is -1.95. The summed E-state index contributed by atoms with van der Waals surface area (Å²) in [6.07, 6.45) is 2.67. The molecule has 0 aliphatic heterocycles. The van der Waals surface area contributed by atoms with Crippen molar-refractivity contribution in [3.8, 4) is 0 Å². The van der Waals surface area contributed by atoms with Gasteiger partial charge in [-0.2, -0.15) is 4.73 Å². The molecular weight excluding hydrogens is 180 g/mol. The number of hydrogen-bond acceptors (Lipinski definition) is 4. The van der Waals surface area contributed by atoms with Gasteiger partial charge in [0.05, 0.1) is 6.33 Å². The van der Waals surface area contributed by atoms with Crippen molar-refractivity contribution < 1.29 is 10.7 Å². The standard InChI is InChI=1S/C5H4N4OS.H2O/c10-9-2-8-5(11)3-4(9)7-1-6-3;/h1-2,10H,(H,6,7);1H2. The first kappa shape index (κ1) is 8.62. The number of aromatic amines is 1. The van der Waals surface area contributed by atoms with Crippen LogP contribution in [0.3, 0.4) is 0 Å². The van der Waals surface area contributed by atoms with Gasteiger partial charge in [-0.3, -0.25) is 0 Å². The maximum atomic E-state index is 9.11. The Morgan fingerprint density at radius 1 is 1.50 bits per heavy atom. The van der Waals surface area contributed by atoms with Gasteiger partial charge in [0.25, 0.3) is 0 Å². The first-order valence-electron chi connectivity index (χ1n) is 2.89. The van der Waals surface area contributed by atoms with Crippen molar-refractivity contribution in [3.05, 3.63) is 17.3 Å². The monoisotopic (exact) mass is 186 g/mol. The zero-order valence-electron chi connectivity index (χ0n) is 5.85. The van der Waals surface area contributed by atoms with Crippen molar-refractivity contribution in [3.63, 3.8) is 0 Å². The number of aromatic nitrogens is 4. The number of rotatable bonds is 0. The van der Waals surface area contributed by atoms with E-state index in [1.165, 1.54) is 12.7 Å². The molecule has 2 rings (SSSR count). The zero-order chi connectivity index (χ0) is 7.84. The minimum absolute atomic E-state index is 0. The number of imidazole rings is 1. The average Bonchev–Trinajstić information content (AvgIpc) is 2.45. The molecule has 2 heterocycles. The molecule has 0 unspecified atom stereocenters.